The Kier molecular flexibility index (Phi) is 4.51. The van der Waals surface area contributed by atoms with Crippen LogP contribution in [0.25, 0.3) is 0 Å². The smallest absolute Gasteiger partial charge is 0.316 e. The van der Waals surface area contributed by atoms with E-state index in [1.807, 2.05) is 30.0 Å². The van der Waals surface area contributed by atoms with Crippen molar-refractivity contribution in [3.05, 3.63) is 47.5 Å². The highest BCUT2D eigenvalue weighted by molar-refractivity contribution is 5.94. The zero-order chi connectivity index (χ0) is 16.3. The van der Waals surface area contributed by atoms with E-state index in [4.69, 9.17) is 4.74 Å². The molecule has 1 fully saturated rings. The first-order valence-corrected chi connectivity index (χ1v) is 8.37. The number of carbonyl (C=O) groups excluding carboxylic acids is 2. The molecule has 0 unspecified atom stereocenters. The molecule has 122 valence electrons. The van der Waals surface area contributed by atoms with Crippen LogP contribution in [0.1, 0.15) is 31.7 Å². The lowest BCUT2D eigenvalue weighted by Gasteiger charge is -2.40. The molecular formula is C19H23NO3. The van der Waals surface area contributed by atoms with Gasteiger partial charge in [-0.25, -0.2) is 0 Å². The third kappa shape index (κ3) is 3.03. The van der Waals surface area contributed by atoms with Gasteiger partial charge in [-0.15, -0.1) is 0 Å². The predicted molar refractivity (Wildman–Crippen MR) is 87.7 cm³/mol. The van der Waals surface area contributed by atoms with Crippen LogP contribution in [-0.4, -0.2) is 36.5 Å². The molecule has 0 spiro atoms. The predicted octanol–water partition coefficient (Wildman–Crippen LogP) is 2.73. The van der Waals surface area contributed by atoms with E-state index in [0.29, 0.717) is 19.7 Å². The number of hydrogen-bond acceptors (Lipinski definition) is 3. The van der Waals surface area contributed by atoms with Crippen LogP contribution in [0, 0.1) is 5.41 Å². The van der Waals surface area contributed by atoms with Crippen molar-refractivity contribution in [2.24, 2.45) is 5.41 Å². The first-order valence-electron chi connectivity index (χ1n) is 8.37. The van der Waals surface area contributed by atoms with Gasteiger partial charge in [0.05, 0.1) is 12.0 Å². The molecule has 1 heterocycles. The lowest BCUT2D eigenvalue weighted by Crippen LogP contribution is -2.43. The summed E-state index contributed by atoms with van der Waals surface area (Å²) >= 11 is 0. The fraction of sp³-hybridized carbons (Fsp3) is 0.474. The van der Waals surface area contributed by atoms with Crippen LogP contribution in [0.3, 0.4) is 0 Å². The summed E-state index contributed by atoms with van der Waals surface area (Å²) in [6.45, 7) is 3.45. The molecule has 1 aliphatic carbocycles. The summed E-state index contributed by atoms with van der Waals surface area (Å²) in [7, 11) is 0. The summed E-state index contributed by atoms with van der Waals surface area (Å²) in [6.07, 6.45) is 5.13. The first-order chi connectivity index (χ1) is 11.2. The Balaban J connectivity index is 1.64. The van der Waals surface area contributed by atoms with E-state index < -0.39 is 5.41 Å². The summed E-state index contributed by atoms with van der Waals surface area (Å²) in [5.41, 5.74) is 1.63. The number of nitrogens with zero attached hydrogens (tertiary/aromatic N) is 1. The van der Waals surface area contributed by atoms with E-state index in [9.17, 15) is 9.59 Å². The van der Waals surface area contributed by atoms with Crippen LogP contribution < -0.4 is 0 Å². The molecule has 0 radical (unpaired) electrons. The quantitative estimate of drug-likeness (QED) is 0.759. The van der Waals surface area contributed by atoms with E-state index in [1.54, 1.807) is 6.08 Å². The van der Waals surface area contributed by atoms with Crippen LogP contribution in [0.4, 0.5) is 0 Å². The minimum absolute atomic E-state index is 0.0199. The van der Waals surface area contributed by atoms with E-state index in [1.165, 1.54) is 5.56 Å². The van der Waals surface area contributed by atoms with E-state index in [0.717, 1.165) is 31.3 Å². The largest absolute Gasteiger partial charge is 0.465 e. The lowest BCUT2D eigenvalue weighted by molar-refractivity contribution is -0.157. The van der Waals surface area contributed by atoms with Crippen LogP contribution >= 0.6 is 0 Å². The molecule has 2 aliphatic rings. The molecule has 1 saturated carbocycles. The molecule has 1 aliphatic heterocycles. The minimum atomic E-state index is -0.535. The highest BCUT2D eigenvalue weighted by Crippen LogP contribution is 2.49. The topological polar surface area (TPSA) is 46.6 Å². The second-order valence-electron chi connectivity index (χ2n) is 6.32. The Bertz CT molecular complexity index is 617. The van der Waals surface area contributed by atoms with Gasteiger partial charge in [0.25, 0.3) is 0 Å². The monoisotopic (exact) mass is 313 g/mol. The molecule has 1 aromatic carbocycles. The van der Waals surface area contributed by atoms with Crippen molar-refractivity contribution in [1.29, 1.82) is 0 Å². The number of hydrogen-bond donors (Lipinski definition) is 0. The molecule has 0 aromatic heterocycles. The van der Waals surface area contributed by atoms with Crippen molar-refractivity contribution >= 4 is 11.9 Å². The second-order valence-corrected chi connectivity index (χ2v) is 6.32. The van der Waals surface area contributed by atoms with Crippen LogP contribution in [-0.2, 0) is 20.7 Å². The average Bonchev–Trinajstić information content (AvgIpc) is 2.86. The van der Waals surface area contributed by atoms with Crippen LogP contribution in [0.15, 0.2) is 42.0 Å². The molecule has 1 aromatic rings. The Morgan fingerprint density at radius 3 is 2.61 bits per heavy atom. The molecule has 0 bridgehead atoms. The molecule has 23 heavy (non-hydrogen) atoms. The van der Waals surface area contributed by atoms with Crippen molar-refractivity contribution < 1.29 is 14.3 Å². The molecule has 4 nitrogen and oxygen atoms in total. The molecule has 1 amide bonds. The third-order valence-corrected chi connectivity index (χ3v) is 4.97. The summed E-state index contributed by atoms with van der Waals surface area (Å²) in [5.74, 6) is -0.137. The third-order valence-electron chi connectivity index (χ3n) is 4.97. The van der Waals surface area contributed by atoms with Gasteiger partial charge >= 0.3 is 5.97 Å². The lowest BCUT2D eigenvalue weighted by atomic mass is 9.64. The molecule has 4 heteroatoms. The summed E-state index contributed by atoms with van der Waals surface area (Å²) in [4.78, 5) is 26.4. The molecular weight excluding hydrogens is 290 g/mol. The van der Waals surface area contributed by atoms with Gasteiger partial charge in [0.2, 0.25) is 5.91 Å². The fourth-order valence-electron chi connectivity index (χ4n) is 3.41. The second kappa shape index (κ2) is 6.57. The number of esters is 1. The van der Waals surface area contributed by atoms with Crippen molar-refractivity contribution in [3.8, 4) is 0 Å². The number of carbonyl (C=O) groups is 2. The Morgan fingerprint density at radius 2 is 2.00 bits per heavy atom. The maximum Gasteiger partial charge on any atom is 0.316 e. The first kappa shape index (κ1) is 15.8. The van der Waals surface area contributed by atoms with Gasteiger partial charge in [-0.1, -0.05) is 36.8 Å². The van der Waals surface area contributed by atoms with Gasteiger partial charge in [-0.05, 0) is 37.3 Å². The van der Waals surface area contributed by atoms with Gasteiger partial charge in [0.15, 0.2) is 0 Å². The van der Waals surface area contributed by atoms with E-state index in [2.05, 4.69) is 12.1 Å². The SMILES string of the molecule is CCOC(=O)C1(C2=CC(=O)N(CCc3ccccc3)C2)CCC1. The van der Waals surface area contributed by atoms with Gasteiger partial charge in [0, 0.05) is 19.2 Å². The Hall–Kier alpha value is -2.10. The van der Waals surface area contributed by atoms with Crippen LogP contribution in [0.2, 0.25) is 0 Å². The zero-order valence-corrected chi connectivity index (χ0v) is 13.6. The van der Waals surface area contributed by atoms with Gasteiger partial charge in [0.1, 0.15) is 0 Å². The molecule has 0 saturated heterocycles. The number of amides is 1. The van der Waals surface area contributed by atoms with E-state index in [-0.39, 0.29) is 11.9 Å². The minimum Gasteiger partial charge on any atom is -0.465 e. The Labute approximate surface area is 137 Å². The summed E-state index contributed by atoms with van der Waals surface area (Å²) < 4.78 is 5.25. The maximum atomic E-state index is 12.3. The van der Waals surface area contributed by atoms with Crippen molar-refractivity contribution in [2.45, 2.75) is 32.6 Å². The van der Waals surface area contributed by atoms with Crippen LogP contribution in [0.5, 0.6) is 0 Å². The van der Waals surface area contributed by atoms with Gasteiger partial charge in [-0.2, -0.15) is 0 Å². The molecule has 0 atom stereocenters. The number of rotatable bonds is 6. The van der Waals surface area contributed by atoms with Gasteiger partial charge < -0.3 is 9.64 Å². The van der Waals surface area contributed by atoms with Crippen molar-refractivity contribution in [1.82, 2.24) is 4.90 Å². The number of benzene rings is 1. The van der Waals surface area contributed by atoms with Crippen molar-refractivity contribution in [2.75, 3.05) is 19.7 Å². The summed E-state index contributed by atoms with van der Waals surface area (Å²) in [5, 5.41) is 0. The highest BCUT2D eigenvalue weighted by atomic mass is 16.5. The van der Waals surface area contributed by atoms with Gasteiger partial charge in [-0.3, -0.25) is 9.59 Å². The highest BCUT2D eigenvalue weighted by Gasteiger charge is 2.50. The standard InChI is InChI=1S/C19H23NO3/c1-2-23-18(22)19(10-6-11-19)16-13-17(21)20(14-16)12-9-15-7-4-3-5-8-15/h3-5,7-8,13H,2,6,9-12,14H2,1H3. The fourth-order valence-corrected chi connectivity index (χ4v) is 3.41. The molecule has 0 N–H and O–H groups in total. The average molecular weight is 313 g/mol. The normalized spacial score (nSPS) is 19.3. The Morgan fingerprint density at radius 1 is 1.26 bits per heavy atom. The molecule has 3 rings (SSSR count). The maximum absolute atomic E-state index is 12.3. The number of ether oxygens (including phenoxy) is 1. The van der Waals surface area contributed by atoms with E-state index >= 15 is 0 Å². The van der Waals surface area contributed by atoms with Crippen molar-refractivity contribution in [3.63, 3.8) is 0 Å². The summed E-state index contributed by atoms with van der Waals surface area (Å²) in [6, 6.07) is 10.1. The zero-order valence-electron chi connectivity index (χ0n) is 13.6.